The molecule has 3 fully saturated rings. The van der Waals surface area contributed by atoms with Gasteiger partial charge in [-0.15, -0.1) is 6.58 Å². The Labute approximate surface area is 321 Å². The van der Waals surface area contributed by atoms with Crippen LogP contribution in [0.15, 0.2) is 67.3 Å². The van der Waals surface area contributed by atoms with Crippen molar-refractivity contribution in [1.82, 2.24) is 25.2 Å². The third-order valence-corrected chi connectivity index (χ3v) is 12.9. The highest BCUT2D eigenvalue weighted by molar-refractivity contribution is 7.91. The SMILES string of the molecule is C=C[C@@H]1C[C@]1(NC(=O)[C@@H]1C[C@H]2CN1C(=O)[C@H](CCCC)NC(=O)OCCCCCc1ccc3nc(-c4ccccc4)cc(c3c1)O2)C(=O)NS(=O)(=O)C1CC1. The quantitative estimate of drug-likeness (QED) is 0.242. The Morgan fingerprint density at radius 3 is 2.62 bits per heavy atom. The number of sulfonamides is 1. The number of fused-ring (bicyclic) bond motifs is 3. The largest absolute Gasteiger partial charge is 0.488 e. The highest BCUT2D eigenvalue weighted by Crippen LogP contribution is 2.45. The molecule has 1 aromatic heterocycles. The molecule has 3 heterocycles. The van der Waals surface area contributed by atoms with Gasteiger partial charge in [-0.2, -0.15) is 0 Å². The normalized spacial score (nSPS) is 25.9. The van der Waals surface area contributed by atoms with E-state index in [1.54, 1.807) is 0 Å². The summed E-state index contributed by atoms with van der Waals surface area (Å²) in [7, 11) is -3.89. The Balaban J connectivity index is 1.24. The molecule has 0 spiro atoms. The van der Waals surface area contributed by atoms with Crippen molar-refractivity contribution in [3.05, 3.63) is 72.8 Å². The minimum atomic E-state index is -3.89. The predicted molar refractivity (Wildman–Crippen MR) is 206 cm³/mol. The number of amides is 4. The van der Waals surface area contributed by atoms with Crippen LogP contribution in [0, 0.1) is 5.92 Å². The molecule has 292 valence electrons. The fraction of sp³-hybridized carbons (Fsp3) is 0.488. The van der Waals surface area contributed by atoms with E-state index < -0.39 is 68.7 Å². The van der Waals surface area contributed by atoms with Crippen molar-refractivity contribution in [3.8, 4) is 17.0 Å². The molecule has 0 radical (unpaired) electrons. The lowest BCUT2D eigenvalue weighted by molar-refractivity contribution is -0.141. The topological polar surface area (TPSA) is 173 Å². The highest BCUT2D eigenvalue weighted by Gasteiger charge is 2.62. The molecule has 4 aliphatic rings. The molecule has 4 amide bonds. The van der Waals surface area contributed by atoms with Gasteiger partial charge in [-0.1, -0.05) is 62.2 Å². The van der Waals surface area contributed by atoms with Crippen molar-refractivity contribution in [3.63, 3.8) is 0 Å². The van der Waals surface area contributed by atoms with Crippen LogP contribution in [0.25, 0.3) is 22.2 Å². The van der Waals surface area contributed by atoms with Crippen LogP contribution in [0.2, 0.25) is 0 Å². The van der Waals surface area contributed by atoms with Crippen molar-refractivity contribution >= 4 is 44.7 Å². The number of cyclic esters (lactones) is 1. The summed E-state index contributed by atoms with van der Waals surface area (Å²) in [4.78, 5) is 61.8. The van der Waals surface area contributed by atoms with E-state index in [1.165, 1.54) is 11.0 Å². The van der Waals surface area contributed by atoms with Gasteiger partial charge in [-0.05, 0) is 69.1 Å². The number of ether oxygens (including phenoxy) is 2. The lowest BCUT2D eigenvalue weighted by Crippen LogP contribution is -2.58. The van der Waals surface area contributed by atoms with Crippen LogP contribution >= 0.6 is 0 Å². The van der Waals surface area contributed by atoms with Gasteiger partial charge in [0.1, 0.15) is 29.5 Å². The number of hydrogen-bond acceptors (Lipinski definition) is 9. The smallest absolute Gasteiger partial charge is 0.407 e. The molecule has 1 saturated heterocycles. The highest BCUT2D eigenvalue weighted by atomic mass is 32.2. The standard InChI is InChI=1S/C41H49N5O8S/c1-3-5-15-33-38(48)46-25-29(22-35(46)37(47)44-41(24-28(41)4-2)39(49)45-55(51,52)30-17-18-30)54-36-23-34(27-13-9-6-10-14-27)42-32-19-16-26(21-31(32)36)12-8-7-11-20-53-40(50)43-33/h4,6,9-10,13-14,16,19,21,23,28-30,33,35H,2-3,5,7-8,11-12,15,17-18,20,22,24-25H2,1H3,(H,43,50)(H,44,47)(H,45,49)/t28-,29+,33+,35+,41-/m1/s1. The summed E-state index contributed by atoms with van der Waals surface area (Å²) in [6.45, 7) is 5.99. The summed E-state index contributed by atoms with van der Waals surface area (Å²) in [5.74, 6) is -1.87. The third-order valence-electron chi connectivity index (χ3n) is 11.1. The van der Waals surface area contributed by atoms with Crippen molar-refractivity contribution in [2.75, 3.05) is 13.2 Å². The second-order valence-electron chi connectivity index (χ2n) is 15.2. The summed E-state index contributed by atoms with van der Waals surface area (Å²) < 4.78 is 39.9. The average Bonchev–Trinajstić information content (AvgIpc) is 4.11. The van der Waals surface area contributed by atoms with Gasteiger partial charge in [-0.3, -0.25) is 19.1 Å². The monoisotopic (exact) mass is 771 g/mol. The van der Waals surface area contributed by atoms with Crippen LogP contribution in [0.5, 0.6) is 5.75 Å². The summed E-state index contributed by atoms with van der Waals surface area (Å²) in [5.41, 5.74) is 1.91. The maximum Gasteiger partial charge on any atom is 0.407 e. The predicted octanol–water partition coefficient (Wildman–Crippen LogP) is 4.93. The molecule has 2 aliphatic carbocycles. The van der Waals surface area contributed by atoms with E-state index in [2.05, 4.69) is 34.1 Å². The summed E-state index contributed by atoms with van der Waals surface area (Å²) >= 11 is 0. The zero-order valence-corrected chi connectivity index (χ0v) is 31.9. The fourth-order valence-corrected chi connectivity index (χ4v) is 9.01. The van der Waals surface area contributed by atoms with E-state index in [1.807, 2.05) is 49.4 Å². The zero-order valence-electron chi connectivity index (χ0n) is 31.1. The first kappa shape index (κ1) is 38.3. The van der Waals surface area contributed by atoms with E-state index in [4.69, 9.17) is 14.5 Å². The molecule has 2 saturated carbocycles. The number of pyridine rings is 1. The molecule has 0 unspecified atom stereocenters. The van der Waals surface area contributed by atoms with Crippen molar-refractivity contribution in [1.29, 1.82) is 0 Å². The molecular weight excluding hydrogens is 723 g/mol. The van der Waals surface area contributed by atoms with Gasteiger partial charge in [0.15, 0.2) is 0 Å². The molecule has 55 heavy (non-hydrogen) atoms. The van der Waals surface area contributed by atoms with Crippen molar-refractivity contribution in [2.45, 2.75) is 107 Å². The van der Waals surface area contributed by atoms with E-state index in [9.17, 15) is 27.6 Å². The Morgan fingerprint density at radius 2 is 1.89 bits per heavy atom. The first-order valence-corrected chi connectivity index (χ1v) is 21.0. The number of alkyl carbamates (subject to hydrolysis) is 1. The third kappa shape index (κ3) is 8.48. The molecule has 2 aliphatic heterocycles. The number of aryl methyl sites for hydroxylation is 1. The fourth-order valence-electron chi connectivity index (χ4n) is 7.65. The number of carbonyl (C=O) groups excluding carboxylic acids is 4. The summed E-state index contributed by atoms with van der Waals surface area (Å²) in [6, 6.07) is 15.7. The average molecular weight is 772 g/mol. The number of unbranched alkanes of at least 4 members (excludes halogenated alkanes) is 1. The van der Waals surface area contributed by atoms with Crippen LogP contribution in [-0.4, -0.2) is 84.2 Å². The van der Waals surface area contributed by atoms with E-state index >= 15 is 0 Å². The second-order valence-corrected chi connectivity index (χ2v) is 17.1. The van der Waals surface area contributed by atoms with Crippen LogP contribution in [-0.2, 0) is 35.6 Å². The number of aromatic nitrogens is 1. The van der Waals surface area contributed by atoms with Crippen molar-refractivity contribution < 1.29 is 37.1 Å². The zero-order chi connectivity index (χ0) is 38.7. The number of benzene rings is 2. The molecule has 13 nitrogen and oxygen atoms in total. The Morgan fingerprint density at radius 1 is 1.09 bits per heavy atom. The number of nitrogens with one attached hydrogen (secondary N) is 3. The molecular formula is C41H49N5O8S. The maximum absolute atomic E-state index is 14.5. The van der Waals surface area contributed by atoms with Gasteiger partial charge in [0.2, 0.25) is 21.8 Å². The number of hydrogen-bond donors (Lipinski definition) is 3. The summed E-state index contributed by atoms with van der Waals surface area (Å²) in [5, 5.41) is 5.76. The molecule has 5 atom stereocenters. The molecule has 3 N–H and O–H groups in total. The minimum absolute atomic E-state index is 0.0145. The first-order chi connectivity index (χ1) is 26.5. The molecule has 14 heteroatoms. The van der Waals surface area contributed by atoms with E-state index in [0.717, 1.165) is 47.7 Å². The lowest BCUT2D eigenvalue weighted by Gasteiger charge is -2.29. The molecule has 3 aromatic rings. The van der Waals surface area contributed by atoms with Gasteiger partial charge in [0, 0.05) is 29.4 Å². The van der Waals surface area contributed by atoms with Gasteiger partial charge >= 0.3 is 6.09 Å². The number of nitrogens with zero attached hydrogens (tertiary/aromatic N) is 2. The van der Waals surface area contributed by atoms with Gasteiger partial charge < -0.3 is 25.0 Å². The maximum atomic E-state index is 14.5. The van der Waals surface area contributed by atoms with Gasteiger partial charge in [0.05, 0.1) is 29.6 Å². The molecule has 7 rings (SSSR count). The van der Waals surface area contributed by atoms with Crippen LogP contribution in [0.3, 0.4) is 0 Å². The van der Waals surface area contributed by atoms with Gasteiger partial charge in [0.25, 0.3) is 5.91 Å². The summed E-state index contributed by atoms with van der Waals surface area (Å²) in [6.07, 6.45) is 6.22. The molecule has 4 bridgehead atoms. The van der Waals surface area contributed by atoms with Crippen molar-refractivity contribution in [2.24, 2.45) is 5.92 Å². The van der Waals surface area contributed by atoms with E-state index in [-0.39, 0.29) is 26.0 Å². The first-order valence-electron chi connectivity index (χ1n) is 19.4. The molecule has 2 aromatic carbocycles. The number of rotatable bonds is 10. The second kappa shape index (κ2) is 16.0. The van der Waals surface area contributed by atoms with Crippen LogP contribution in [0.1, 0.15) is 76.7 Å². The minimum Gasteiger partial charge on any atom is -0.488 e. The van der Waals surface area contributed by atoms with E-state index in [0.29, 0.717) is 43.5 Å². The Bertz CT molecular complexity index is 2070. The van der Waals surface area contributed by atoms with Gasteiger partial charge in [-0.25, -0.2) is 18.2 Å². The lowest BCUT2D eigenvalue weighted by atomic mass is 10.0. The van der Waals surface area contributed by atoms with Crippen LogP contribution in [0.4, 0.5) is 4.79 Å². The Kier molecular flexibility index (Phi) is 11.2. The number of carbonyl (C=O) groups is 4. The van der Waals surface area contributed by atoms with Crippen LogP contribution < -0.4 is 20.1 Å². The Hall–Kier alpha value is -4.98.